The number of halogens is 3. The minimum atomic E-state index is -5.37. The van der Waals surface area contributed by atoms with Gasteiger partial charge in [0, 0.05) is 6.20 Å². The van der Waals surface area contributed by atoms with Crippen molar-refractivity contribution >= 4 is 25.1 Å². The number of amides is 1. The fourth-order valence-electron chi connectivity index (χ4n) is 3.62. The molecule has 0 saturated carbocycles. The third-order valence-electron chi connectivity index (χ3n) is 5.30. The zero-order valence-electron chi connectivity index (χ0n) is 21.2. The summed E-state index contributed by atoms with van der Waals surface area (Å²) in [4.78, 5) is 51.0. The van der Waals surface area contributed by atoms with E-state index < -0.39 is 85.0 Å². The number of aliphatic hydroxyl groups is 2. The molecule has 2 heterocycles. The Balaban J connectivity index is 2.38. The van der Waals surface area contributed by atoms with Gasteiger partial charge in [-0.15, -0.1) is 13.2 Å². The second kappa shape index (κ2) is 11.1. The number of rotatable bonds is 8. The number of nitrogens with zero attached hydrogens (tertiary/aromatic N) is 2. The highest BCUT2D eigenvalue weighted by atomic mass is 31.2. The number of hydrogen-bond acceptors (Lipinski definition) is 8. The molecule has 0 spiro atoms. The molecule has 1 amide bonds. The van der Waals surface area contributed by atoms with Gasteiger partial charge in [0.2, 0.25) is 0 Å². The second-order valence-corrected chi connectivity index (χ2v) is 14.9. The van der Waals surface area contributed by atoms with E-state index in [1.807, 2.05) is 18.3 Å². The predicted octanol–water partition coefficient (Wildman–Crippen LogP) is 0.488. The van der Waals surface area contributed by atoms with E-state index in [0.717, 1.165) is 10.8 Å². The Morgan fingerprint density at radius 3 is 2.32 bits per heavy atom. The number of aromatic amines is 1. The lowest BCUT2D eigenvalue weighted by Gasteiger charge is -2.26. The van der Waals surface area contributed by atoms with Crippen LogP contribution in [0.1, 0.15) is 39.0 Å². The van der Waals surface area contributed by atoms with Crippen LogP contribution in [0.15, 0.2) is 15.8 Å². The molecule has 4 atom stereocenters. The van der Waals surface area contributed by atoms with Crippen LogP contribution in [0.5, 0.6) is 0 Å². The first-order valence-electron chi connectivity index (χ1n) is 11.3. The number of ether oxygens (including phenoxy) is 2. The number of nitrogens with one attached hydrogen (secondary N) is 1. The van der Waals surface area contributed by atoms with E-state index in [4.69, 9.17) is 9.47 Å². The van der Waals surface area contributed by atoms with Gasteiger partial charge in [0.15, 0.2) is 6.23 Å². The quantitative estimate of drug-likeness (QED) is 0.310. The number of esters is 1. The Hall–Kier alpha value is -2.41. The molecule has 0 bridgehead atoms. The van der Waals surface area contributed by atoms with E-state index in [-0.39, 0.29) is 4.90 Å². The van der Waals surface area contributed by atoms with Crippen molar-refractivity contribution in [3.05, 3.63) is 32.6 Å². The fourth-order valence-corrected chi connectivity index (χ4v) is 4.57. The monoisotopic (exact) mass is 555 g/mol. The summed E-state index contributed by atoms with van der Waals surface area (Å²) in [5, 5.41) is 20.9. The van der Waals surface area contributed by atoms with Gasteiger partial charge in [-0.05, 0) is 46.7 Å². The Bertz CT molecular complexity index is 1170. The number of aliphatic hydroxyl groups excluding tert-OH is 2. The topological polar surface area (TPSA) is 151 Å². The van der Waals surface area contributed by atoms with E-state index in [0.29, 0.717) is 12.6 Å². The standard InChI is InChI=1S/C22H33F3N3O8P/c1-21(2,3)36-14(29)11-27(19(33)22(23,24)25)9-12-10-28(20(34)26-17(12)32)18-16(31)15(30)13(35-18)7-8-37(4,5)6/h10,13,15-16,18,30-31H,4,7-9,11H2,1-3,5-6H3,(H,26,32,34)/t13?,15-,16-,18?/m1/s1. The number of hydrogen-bond donors (Lipinski definition) is 3. The first-order chi connectivity index (χ1) is 16.7. The molecule has 11 nitrogen and oxygen atoms in total. The maximum Gasteiger partial charge on any atom is 0.471 e. The molecule has 1 saturated heterocycles. The van der Waals surface area contributed by atoms with Gasteiger partial charge in [-0.25, -0.2) is 4.79 Å². The summed E-state index contributed by atoms with van der Waals surface area (Å²) in [7, 11) is 0. The van der Waals surface area contributed by atoms with E-state index in [2.05, 4.69) is 6.30 Å². The molecule has 1 aliphatic rings. The molecular formula is C22H33F3N3O8P. The van der Waals surface area contributed by atoms with Gasteiger partial charge in [-0.1, -0.05) is 0 Å². The molecular weight excluding hydrogens is 522 g/mol. The average molecular weight is 555 g/mol. The summed E-state index contributed by atoms with van der Waals surface area (Å²) >= 11 is 0. The summed E-state index contributed by atoms with van der Waals surface area (Å²) in [6.45, 7) is 4.74. The highest BCUT2D eigenvalue weighted by Crippen LogP contribution is 2.39. The number of H-pyrrole nitrogens is 1. The third-order valence-corrected chi connectivity index (χ3v) is 6.77. The van der Waals surface area contributed by atoms with Crippen molar-refractivity contribution in [2.45, 2.75) is 70.1 Å². The van der Waals surface area contributed by atoms with Crippen molar-refractivity contribution in [3.8, 4) is 0 Å². The minimum Gasteiger partial charge on any atom is -0.459 e. The van der Waals surface area contributed by atoms with Gasteiger partial charge >= 0.3 is 23.7 Å². The number of carbonyl (C=O) groups excluding carboxylic acids is 2. The zero-order chi connectivity index (χ0) is 28.5. The molecule has 0 aliphatic carbocycles. The van der Waals surface area contributed by atoms with Crippen molar-refractivity contribution < 1.29 is 42.4 Å². The van der Waals surface area contributed by atoms with Crippen molar-refractivity contribution in [1.29, 1.82) is 0 Å². The van der Waals surface area contributed by atoms with Gasteiger partial charge in [-0.3, -0.25) is 23.9 Å². The SMILES string of the molecule is C=P(C)(C)CCC1OC(n2cc(CN(CC(=O)OC(C)(C)C)C(=O)C(F)(F)F)c(=O)[nH]c2=O)[C@H](O)[C@@H]1O. The largest absolute Gasteiger partial charge is 0.471 e. The molecule has 37 heavy (non-hydrogen) atoms. The van der Waals surface area contributed by atoms with E-state index in [1.165, 1.54) is 20.8 Å². The lowest BCUT2D eigenvalue weighted by Crippen LogP contribution is -2.46. The van der Waals surface area contributed by atoms with Gasteiger partial charge in [-0.2, -0.15) is 13.2 Å². The molecule has 210 valence electrons. The number of alkyl halides is 3. The Labute approximate surface area is 211 Å². The zero-order valence-corrected chi connectivity index (χ0v) is 22.1. The maximum atomic E-state index is 13.2. The number of aromatic nitrogens is 2. The molecule has 1 aliphatic heterocycles. The normalized spacial score (nSPS) is 22.6. The summed E-state index contributed by atoms with van der Waals surface area (Å²) in [6, 6.07) is 0. The van der Waals surface area contributed by atoms with Gasteiger partial charge < -0.3 is 24.6 Å². The van der Waals surface area contributed by atoms with Crippen molar-refractivity contribution in [2.75, 3.05) is 26.0 Å². The maximum absolute atomic E-state index is 13.2. The Morgan fingerprint density at radius 1 is 1.22 bits per heavy atom. The molecule has 1 fully saturated rings. The smallest absolute Gasteiger partial charge is 0.459 e. The van der Waals surface area contributed by atoms with Crippen LogP contribution in [0.4, 0.5) is 13.2 Å². The van der Waals surface area contributed by atoms with Crippen LogP contribution < -0.4 is 11.2 Å². The van der Waals surface area contributed by atoms with Crippen molar-refractivity contribution in [3.63, 3.8) is 0 Å². The van der Waals surface area contributed by atoms with Crippen LogP contribution in [0.3, 0.4) is 0 Å². The van der Waals surface area contributed by atoms with Crippen LogP contribution >= 0.6 is 6.89 Å². The molecule has 0 aromatic carbocycles. The molecule has 1 aromatic heterocycles. The van der Waals surface area contributed by atoms with Crippen LogP contribution in [0, 0.1) is 0 Å². The molecule has 3 N–H and O–H groups in total. The molecule has 0 radical (unpaired) electrons. The Morgan fingerprint density at radius 2 is 1.81 bits per heavy atom. The third kappa shape index (κ3) is 8.56. The van der Waals surface area contributed by atoms with E-state index in [9.17, 15) is 42.6 Å². The average Bonchev–Trinajstić information content (AvgIpc) is 2.98. The van der Waals surface area contributed by atoms with Gasteiger partial charge in [0.25, 0.3) is 5.56 Å². The second-order valence-electron chi connectivity index (χ2n) is 10.6. The predicted molar refractivity (Wildman–Crippen MR) is 130 cm³/mol. The molecule has 1 aromatic rings. The lowest BCUT2D eigenvalue weighted by atomic mass is 10.1. The summed E-state index contributed by atoms with van der Waals surface area (Å²) in [5.74, 6) is -3.55. The summed E-state index contributed by atoms with van der Waals surface area (Å²) in [6.07, 6.45) is -4.85. The van der Waals surface area contributed by atoms with Gasteiger partial charge in [0.05, 0.1) is 18.2 Å². The van der Waals surface area contributed by atoms with E-state index >= 15 is 0 Å². The van der Waals surface area contributed by atoms with Crippen molar-refractivity contribution in [1.82, 2.24) is 14.5 Å². The molecule has 2 rings (SSSR count). The highest BCUT2D eigenvalue weighted by molar-refractivity contribution is 7.72. The van der Waals surface area contributed by atoms with Gasteiger partial charge in [0.1, 0.15) is 24.4 Å². The van der Waals surface area contributed by atoms with Crippen LogP contribution in [-0.4, -0.2) is 99.0 Å². The first kappa shape index (κ1) is 30.8. The van der Waals surface area contributed by atoms with Crippen LogP contribution in [-0.2, 0) is 25.6 Å². The first-order valence-corrected chi connectivity index (χ1v) is 14.4. The minimum absolute atomic E-state index is 0.0665. The molecule has 2 unspecified atom stereocenters. The summed E-state index contributed by atoms with van der Waals surface area (Å²) in [5.41, 5.74) is -3.72. The molecule has 15 heteroatoms. The summed E-state index contributed by atoms with van der Waals surface area (Å²) < 4.78 is 51.0. The lowest BCUT2D eigenvalue weighted by molar-refractivity contribution is -0.188. The highest BCUT2D eigenvalue weighted by Gasteiger charge is 2.45. The van der Waals surface area contributed by atoms with Crippen LogP contribution in [0.25, 0.3) is 0 Å². The van der Waals surface area contributed by atoms with E-state index in [1.54, 1.807) is 0 Å². The van der Waals surface area contributed by atoms with Crippen LogP contribution in [0.2, 0.25) is 0 Å². The number of carbonyl (C=O) groups is 2. The Kier molecular flexibility index (Phi) is 9.28. The fraction of sp³-hybridized carbons (Fsp3) is 0.682. The van der Waals surface area contributed by atoms with Crippen molar-refractivity contribution in [2.24, 2.45) is 0 Å².